The minimum Gasteiger partial charge on any atom is -0.306 e. The van der Waals surface area contributed by atoms with Crippen LogP contribution in [0.5, 0.6) is 0 Å². The Balaban J connectivity index is 2.45. The summed E-state index contributed by atoms with van der Waals surface area (Å²) in [6.45, 7) is 12.0. The third-order valence-electron chi connectivity index (χ3n) is 4.20. The third kappa shape index (κ3) is 3.74. The molecule has 0 aromatic heterocycles. The quantitative estimate of drug-likeness (QED) is 0.812. The predicted molar refractivity (Wildman–Crippen MR) is 92.0 cm³/mol. The molecule has 0 amide bonds. The van der Waals surface area contributed by atoms with Gasteiger partial charge in [0.1, 0.15) is 0 Å². The van der Waals surface area contributed by atoms with Gasteiger partial charge in [-0.3, -0.25) is 0 Å². The summed E-state index contributed by atoms with van der Waals surface area (Å²) in [7, 11) is 0. The van der Waals surface area contributed by atoms with E-state index in [1.54, 1.807) is 0 Å². The van der Waals surface area contributed by atoms with Crippen LogP contribution < -0.4 is 5.32 Å². The number of nitrogens with one attached hydrogen (secondary N) is 1. The van der Waals surface area contributed by atoms with Crippen molar-refractivity contribution in [3.63, 3.8) is 0 Å². The highest BCUT2D eigenvalue weighted by Gasteiger charge is 2.16. The van der Waals surface area contributed by atoms with Gasteiger partial charge in [-0.25, -0.2) is 0 Å². The van der Waals surface area contributed by atoms with Gasteiger partial charge in [-0.2, -0.15) is 0 Å². The third-order valence-corrected chi connectivity index (χ3v) is 4.20. The zero-order valence-electron chi connectivity index (χ0n) is 14.0. The van der Waals surface area contributed by atoms with Crippen molar-refractivity contribution in [2.75, 3.05) is 6.54 Å². The van der Waals surface area contributed by atoms with Crippen molar-refractivity contribution >= 4 is 0 Å². The number of benzene rings is 2. The molecule has 1 heteroatoms. The summed E-state index contributed by atoms with van der Waals surface area (Å²) in [5, 5.41) is 3.71. The number of rotatable bonds is 5. The number of hydrogen-bond acceptors (Lipinski definition) is 1. The van der Waals surface area contributed by atoms with E-state index in [1.165, 1.54) is 33.4 Å². The Labute approximate surface area is 129 Å². The lowest BCUT2D eigenvalue weighted by atomic mass is 9.91. The van der Waals surface area contributed by atoms with E-state index in [0.29, 0.717) is 0 Å². The fourth-order valence-electron chi connectivity index (χ4n) is 2.75. The van der Waals surface area contributed by atoms with Crippen molar-refractivity contribution < 1.29 is 0 Å². The summed E-state index contributed by atoms with van der Waals surface area (Å²) in [5.41, 5.74) is 8.16. The standard InChI is InChI=1S/C20H27N/c1-6-11-21-20(18-9-7-14(2)8-10-18)19-13-16(4)15(3)12-17(19)5/h7-10,12-13,20-21H,6,11H2,1-5H3. The van der Waals surface area contributed by atoms with Crippen LogP contribution in [0, 0.1) is 27.7 Å². The Morgan fingerprint density at radius 2 is 1.48 bits per heavy atom. The van der Waals surface area contributed by atoms with Crippen molar-refractivity contribution in [3.05, 3.63) is 69.8 Å². The van der Waals surface area contributed by atoms with Gasteiger partial charge in [-0.15, -0.1) is 0 Å². The Kier molecular flexibility index (Phi) is 5.19. The molecular weight excluding hydrogens is 254 g/mol. The van der Waals surface area contributed by atoms with Gasteiger partial charge in [0, 0.05) is 0 Å². The molecule has 2 rings (SSSR count). The van der Waals surface area contributed by atoms with Crippen LogP contribution in [0.3, 0.4) is 0 Å². The van der Waals surface area contributed by atoms with Gasteiger partial charge in [0.05, 0.1) is 6.04 Å². The monoisotopic (exact) mass is 281 g/mol. The van der Waals surface area contributed by atoms with Crippen molar-refractivity contribution in [3.8, 4) is 0 Å². The molecule has 0 radical (unpaired) electrons. The lowest BCUT2D eigenvalue weighted by Gasteiger charge is -2.23. The molecule has 0 saturated heterocycles. The molecule has 1 N–H and O–H groups in total. The number of aryl methyl sites for hydroxylation is 4. The maximum Gasteiger partial charge on any atom is 0.0579 e. The highest BCUT2D eigenvalue weighted by atomic mass is 14.9. The van der Waals surface area contributed by atoms with Crippen molar-refractivity contribution in [2.24, 2.45) is 0 Å². The smallest absolute Gasteiger partial charge is 0.0579 e. The minimum absolute atomic E-state index is 0.282. The molecule has 0 aliphatic carbocycles. The molecular formula is C20H27N. The van der Waals surface area contributed by atoms with Crippen LogP contribution in [0.15, 0.2) is 36.4 Å². The summed E-state index contributed by atoms with van der Waals surface area (Å²) in [6, 6.07) is 13.8. The topological polar surface area (TPSA) is 12.0 Å². The molecule has 0 fully saturated rings. The lowest BCUT2D eigenvalue weighted by Crippen LogP contribution is -2.24. The Morgan fingerprint density at radius 3 is 2.10 bits per heavy atom. The second kappa shape index (κ2) is 6.91. The van der Waals surface area contributed by atoms with Gasteiger partial charge in [-0.05, 0) is 68.5 Å². The fourth-order valence-corrected chi connectivity index (χ4v) is 2.75. The molecule has 112 valence electrons. The summed E-state index contributed by atoms with van der Waals surface area (Å²) < 4.78 is 0. The summed E-state index contributed by atoms with van der Waals surface area (Å²) >= 11 is 0. The van der Waals surface area contributed by atoms with E-state index in [2.05, 4.69) is 76.3 Å². The summed E-state index contributed by atoms with van der Waals surface area (Å²) in [5.74, 6) is 0. The van der Waals surface area contributed by atoms with E-state index in [-0.39, 0.29) is 6.04 Å². The summed E-state index contributed by atoms with van der Waals surface area (Å²) in [6.07, 6.45) is 1.15. The van der Waals surface area contributed by atoms with Gasteiger partial charge >= 0.3 is 0 Å². The minimum atomic E-state index is 0.282. The molecule has 0 aliphatic heterocycles. The summed E-state index contributed by atoms with van der Waals surface area (Å²) in [4.78, 5) is 0. The Morgan fingerprint density at radius 1 is 0.857 bits per heavy atom. The van der Waals surface area contributed by atoms with Crippen molar-refractivity contribution in [1.29, 1.82) is 0 Å². The zero-order chi connectivity index (χ0) is 15.4. The molecule has 0 saturated carbocycles. The maximum atomic E-state index is 3.71. The first-order chi connectivity index (χ1) is 10.0. The lowest BCUT2D eigenvalue weighted by molar-refractivity contribution is 0.596. The average molecular weight is 281 g/mol. The predicted octanol–water partition coefficient (Wildman–Crippen LogP) is 5.01. The molecule has 2 aromatic carbocycles. The normalized spacial score (nSPS) is 12.4. The van der Waals surface area contributed by atoms with Crippen LogP contribution in [-0.2, 0) is 0 Å². The Bertz CT molecular complexity index is 596. The second-order valence-electron chi connectivity index (χ2n) is 6.09. The molecule has 21 heavy (non-hydrogen) atoms. The number of hydrogen-bond donors (Lipinski definition) is 1. The first-order valence-corrected chi connectivity index (χ1v) is 7.90. The van der Waals surface area contributed by atoms with Crippen LogP contribution >= 0.6 is 0 Å². The Hall–Kier alpha value is -1.60. The zero-order valence-corrected chi connectivity index (χ0v) is 14.0. The van der Waals surface area contributed by atoms with E-state index < -0.39 is 0 Å². The molecule has 2 aromatic rings. The molecule has 1 unspecified atom stereocenters. The average Bonchev–Trinajstić information content (AvgIpc) is 2.46. The molecule has 0 spiro atoms. The molecule has 0 bridgehead atoms. The highest BCUT2D eigenvalue weighted by molar-refractivity contribution is 5.42. The molecule has 0 heterocycles. The second-order valence-corrected chi connectivity index (χ2v) is 6.09. The van der Waals surface area contributed by atoms with Crippen molar-refractivity contribution in [1.82, 2.24) is 5.32 Å². The van der Waals surface area contributed by atoms with Gasteiger partial charge < -0.3 is 5.32 Å². The first kappa shape index (κ1) is 15.8. The van der Waals surface area contributed by atoms with Crippen LogP contribution in [0.1, 0.15) is 52.8 Å². The van der Waals surface area contributed by atoms with E-state index in [0.717, 1.165) is 13.0 Å². The maximum absolute atomic E-state index is 3.71. The van der Waals surface area contributed by atoms with Gasteiger partial charge in [0.2, 0.25) is 0 Å². The first-order valence-electron chi connectivity index (χ1n) is 7.90. The van der Waals surface area contributed by atoms with Crippen LogP contribution in [0.2, 0.25) is 0 Å². The van der Waals surface area contributed by atoms with Crippen LogP contribution in [0.4, 0.5) is 0 Å². The van der Waals surface area contributed by atoms with E-state index in [4.69, 9.17) is 0 Å². The largest absolute Gasteiger partial charge is 0.306 e. The van der Waals surface area contributed by atoms with E-state index in [1.807, 2.05) is 0 Å². The highest BCUT2D eigenvalue weighted by Crippen LogP contribution is 2.27. The molecule has 0 aliphatic rings. The molecule has 1 atom stereocenters. The fraction of sp³-hybridized carbons (Fsp3) is 0.400. The molecule has 1 nitrogen and oxygen atoms in total. The SMILES string of the molecule is CCCNC(c1ccc(C)cc1)c1cc(C)c(C)cc1C. The van der Waals surface area contributed by atoms with Crippen molar-refractivity contribution in [2.45, 2.75) is 47.1 Å². The van der Waals surface area contributed by atoms with Gasteiger partial charge in [0.15, 0.2) is 0 Å². The van der Waals surface area contributed by atoms with Gasteiger partial charge in [0.25, 0.3) is 0 Å². The van der Waals surface area contributed by atoms with E-state index in [9.17, 15) is 0 Å². The van der Waals surface area contributed by atoms with E-state index >= 15 is 0 Å². The van der Waals surface area contributed by atoms with Gasteiger partial charge in [-0.1, -0.05) is 48.9 Å². The van der Waals surface area contributed by atoms with Crippen LogP contribution in [-0.4, -0.2) is 6.54 Å². The van der Waals surface area contributed by atoms with Crippen LogP contribution in [0.25, 0.3) is 0 Å².